The molecule has 0 saturated carbocycles. The standard InChI is InChI=1S/C21H23N5OS/c1-5-26(4)14-24-18-12-16(3)19(13-15(18)2)27-20-8-11-23-21(25-20)28-17-6-9-22-10-7-17/h6-14H,5H2,1-4H3/b24-14+. The third-order valence-electron chi connectivity index (χ3n) is 4.07. The zero-order valence-corrected chi connectivity index (χ0v) is 17.3. The molecule has 0 N–H and O–H groups in total. The maximum absolute atomic E-state index is 6.03. The fourth-order valence-corrected chi connectivity index (χ4v) is 3.04. The van der Waals surface area contributed by atoms with Gasteiger partial charge in [-0.05, 0) is 67.9 Å². The lowest BCUT2D eigenvalue weighted by Crippen LogP contribution is -2.14. The molecule has 0 bridgehead atoms. The predicted molar refractivity (Wildman–Crippen MR) is 113 cm³/mol. The Hall–Kier alpha value is -2.93. The van der Waals surface area contributed by atoms with Crippen LogP contribution >= 0.6 is 11.8 Å². The van der Waals surface area contributed by atoms with E-state index < -0.39 is 0 Å². The van der Waals surface area contributed by atoms with Gasteiger partial charge in [-0.1, -0.05) is 0 Å². The van der Waals surface area contributed by atoms with Gasteiger partial charge in [-0.25, -0.2) is 9.98 Å². The van der Waals surface area contributed by atoms with E-state index in [1.807, 2.05) is 56.4 Å². The molecule has 0 fully saturated rings. The molecular formula is C21H23N5OS. The summed E-state index contributed by atoms with van der Waals surface area (Å²) in [6.45, 7) is 7.03. The number of ether oxygens (including phenoxy) is 1. The highest BCUT2D eigenvalue weighted by molar-refractivity contribution is 7.99. The van der Waals surface area contributed by atoms with Crippen LogP contribution < -0.4 is 4.74 Å². The van der Waals surface area contributed by atoms with Crippen LogP contribution in [0.4, 0.5) is 5.69 Å². The summed E-state index contributed by atoms with van der Waals surface area (Å²) in [4.78, 5) is 20.4. The largest absolute Gasteiger partial charge is 0.439 e. The average molecular weight is 394 g/mol. The minimum atomic E-state index is 0.510. The highest BCUT2D eigenvalue weighted by Gasteiger charge is 2.09. The zero-order valence-electron chi connectivity index (χ0n) is 16.5. The van der Waals surface area contributed by atoms with Crippen LogP contribution in [0.1, 0.15) is 18.1 Å². The highest BCUT2D eigenvalue weighted by Crippen LogP contribution is 2.32. The number of pyridine rings is 1. The van der Waals surface area contributed by atoms with Gasteiger partial charge in [0.2, 0.25) is 5.88 Å². The lowest BCUT2D eigenvalue weighted by Gasteiger charge is -2.12. The van der Waals surface area contributed by atoms with Crippen LogP contribution in [-0.4, -0.2) is 39.8 Å². The van der Waals surface area contributed by atoms with Gasteiger partial charge in [0.05, 0.1) is 12.0 Å². The van der Waals surface area contributed by atoms with Crippen LogP contribution in [0.25, 0.3) is 0 Å². The molecule has 7 heteroatoms. The molecule has 144 valence electrons. The molecule has 1 aromatic carbocycles. The molecule has 3 rings (SSSR count). The topological polar surface area (TPSA) is 63.5 Å². The Balaban J connectivity index is 1.77. The monoisotopic (exact) mass is 393 g/mol. The van der Waals surface area contributed by atoms with E-state index >= 15 is 0 Å². The molecule has 0 saturated heterocycles. The van der Waals surface area contributed by atoms with Crippen molar-refractivity contribution in [2.75, 3.05) is 13.6 Å². The Morgan fingerprint density at radius 2 is 1.89 bits per heavy atom. The Kier molecular flexibility index (Phi) is 6.60. The second kappa shape index (κ2) is 9.32. The summed E-state index contributed by atoms with van der Waals surface area (Å²) in [5.74, 6) is 1.27. The quantitative estimate of drug-likeness (QED) is 0.318. The highest BCUT2D eigenvalue weighted by atomic mass is 32.2. The summed E-state index contributed by atoms with van der Waals surface area (Å²) in [7, 11) is 2.00. The van der Waals surface area contributed by atoms with Crippen LogP contribution in [0.5, 0.6) is 11.6 Å². The van der Waals surface area contributed by atoms with Gasteiger partial charge in [-0.3, -0.25) is 4.98 Å². The first kappa shape index (κ1) is 19.8. The van der Waals surface area contributed by atoms with Crippen molar-refractivity contribution in [2.45, 2.75) is 30.8 Å². The first-order valence-electron chi connectivity index (χ1n) is 8.99. The number of hydrogen-bond acceptors (Lipinski definition) is 6. The molecule has 0 aliphatic heterocycles. The second-order valence-corrected chi connectivity index (χ2v) is 7.33. The van der Waals surface area contributed by atoms with Crippen LogP contribution in [-0.2, 0) is 0 Å². The minimum Gasteiger partial charge on any atom is -0.439 e. The van der Waals surface area contributed by atoms with Crippen LogP contribution in [0, 0.1) is 13.8 Å². The first-order valence-corrected chi connectivity index (χ1v) is 9.81. The normalized spacial score (nSPS) is 11.0. The van der Waals surface area contributed by atoms with Crippen LogP contribution in [0.15, 0.2) is 64.0 Å². The Morgan fingerprint density at radius 1 is 1.11 bits per heavy atom. The molecule has 0 aliphatic rings. The molecule has 0 amide bonds. The van der Waals surface area contributed by atoms with E-state index in [2.05, 4.69) is 26.9 Å². The van der Waals surface area contributed by atoms with E-state index in [1.54, 1.807) is 24.7 Å². The summed E-state index contributed by atoms with van der Waals surface area (Å²) in [5, 5.41) is 0.627. The average Bonchev–Trinajstić information content (AvgIpc) is 2.70. The fraction of sp³-hybridized carbons (Fsp3) is 0.238. The fourth-order valence-electron chi connectivity index (χ4n) is 2.32. The number of aromatic nitrogens is 3. The zero-order chi connectivity index (χ0) is 19.9. The summed E-state index contributed by atoms with van der Waals surface area (Å²) < 4.78 is 6.03. The van der Waals surface area contributed by atoms with Gasteiger partial charge in [-0.15, -0.1) is 0 Å². The van der Waals surface area contributed by atoms with Crippen molar-refractivity contribution in [3.05, 3.63) is 60.0 Å². The summed E-state index contributed by atoms with van der Waals surface area (Å²) >= 11 is 1.47. The Bertz CT molecular complexity index is 962. The number of aryl methyl sites for hydroxylation is 2. The van der Waals surface area contributed by atoms with E-state index in [0.717, 1.165) is 34.0 Å². The van der Waals surface area contributed by atoms with E-state index in [0.29, 0.717) is 11.0 Å². The van der Waals surface area contributed by atoms with Crippen molar-refractivity contribution < 1.29 is 4.74 Å². The summed E-state index contributed by atoms with van der Waals surface area (Å²) in [6.07, 6.45) is 7.04. The number of nitrogens with zero attached hydrogens (tertiary/aromatic N) is 5. The number of benzene rings is 1. The van der Waals surface area contributed by atoms with Crippen molar-refractivity contribution in [1.29, 1.82) is 0 Å². The Morgan fingerprint density at radius 3 is 2.64 bits per heavy atom. The summed E-state index contributed by atoms with van der Waals surface area (Å²) in [5.41, 5.74) is 2.97. The van der Waals surface area contributed by atoms with Crippen molar-refractivity contribution in [3.8, 4) is 11.6 Å². The molecule has 2 heterocycles. The van der Waals surface area contributed by atoms with Crippen molar-refractivity contribution >= 4 is 23.8 Å². The van der Waals surface area contributed by atoms with Crippen molar-refractivity contribution in [3.63, 3.8) is 0 Å². The van der Waals surface area contributed by atoms with Crippen LogP contribution in [0.3, 0.4) is 0 Å². The maximum Gasteiger partial charge on any atom is 0.223 e. The molecule has 0 atom stereocenters. The Labute approximate surface area is 169 Å². The SMILES string of the molecule is CCN(C)/C=N/c1cc(C)c(Oc2ccnc(Sc3ccncc3)n2)cc1C. The van der Waals surface area contributed by atoms with E-state index in [-0.39, 0.29) is 0 Å². The third-order valence-corrected chi connectivity index (χ3v) is 4.95. The van der Waals surface area contributed by atoms with Gasteiger partial charge in [-0.2, -0.15) is 4.98 Å². The summed E-state index contributed by atoms with van der Waals surface area (Å²) in [6, 6.07) is 9.62. The van der Waals surface area contributed by atoms with Gasteiger partial charge >= 0.3 is 0 Å². The van der Waals surface area contributed by atoms with Crippen molar-refractivity contribution in [2.24, 2.45) is 4.99 Å². The molecule has 28 heavy (non-hydrogen) atoms. The van der Waals surface area contributed by atoms with E-state index in [4.69, 9.17) is 4.74 Å². The van der Waals surface area contributed by atoms with Crippen molar-refractivity contribution in [1.82, 2.24) is 19.9 Å². The molecule has 0 spiro atoms. The minimum absolute atomic E-state index is 0.510. The molecule has 0 unspecified atom stereocenters. The van der Waals surface area contributed by atoms with E-state index in [9.17, 15) is 0 Å². The molecule has 6 nitrogen and oxygen atoms in total. The number of rotatable bonds is 7. The molecule has 0 aliphatic carbocycles. The van der Waals surface area contributed by atoms with Gasteiger partial charge in [0.25, 0.3) is 0 Å². The van der Waals surface area contributed by atoms with Gasteiger partial charge in [0.15, 0.2) is 5.16 Å². The third kappa shape index (κ3) is 5.29. The molecule has 3 aromatic rings. The molecular weight excluding hydrogens is 370 g/mol. The molecule has 0 radical (unpaired) electrons. The van der Waals surface area contributed by atoms with E-state index in [1.165, 1.54) is 11.8 Å². The van der Waals surface area contributed by atoms with Gasteiger partial charge in [0, 0.05) is 43.1 Å². The second-order valence-electron chi connectivity index (χ2n) is 6.29. The lowest BCUT2D eigenvalue weighted by atomic mass is 10.1. The molecule has 2 aromatic heterocycles. The maximum atomic E-state index is 6.03. The van der Waals surface area contributed by atoms with Gasteiger partial charge < -0.3 is 9.64 Å². The van der Waals surface area contributed by atoms with Gasteiger partial charge in [0.1, 0.15) is 5.75 Å². The predicted octanol–water partition coefficient (Wildman–Crippen LogP) is 5.04. The smallest absolute Gasteiger partial charge is 0.223 e. The number of aliphatic imine (C=N–C) groups is 1. The van der Waals surface area contributed by atoms with Crippen LogP contribution in [0.2, 0.25) is 0 Å². The lowest BCUT2D eigenvalue weighted by molar-refractivity contribution is 0.452. The number of hydrogen-bond donors (Lipinski definition) is 0. The first-order chi connectivity index (χ1) is 13.5.